The van der Waals surface area contributed by atoms with Crippen LogP contribution in [0.15, 0.2) is 24.3 Å². The molecule has 0 saturated heterocycles. The maximum atomic E-state index is 11.0. The lowest BCUT2D eigenvalue weighted by Gasteiger charge is -2.11. The molecule has 17 heavy (non-hydrogen) atoms. The van der Waals surface area contributed by atoms with Gasteiger partial charge in [0.1, 0.15) is 12.0 Å². The molecule has 0 aliphatic rings. The van der Waals surface area contributed by atoms with E-state index in [1.54, 1.807) is 13.2 Å². The Kier molecular flexibility index (Phi) is 5.20. The summed E-state index contributed by atoms with van der Waals surface area (Å²) >= 11 is 0. The lowest BCUT2D eigenvalue weighted by molar-refractivity contribution is -0.140. The van der Waals surface area contributed by atoms with E-state index in [2.05, 4.69) is 4.74 Å². The van der Waals surface area contributed by atoms with Gasteiger partial charge in [0, 0.05) is 12.3 Å². The van der Waals surface area contributed by atoms with Gasteiger partial charge in [0.05, 0.1) is 14.2 Å². The summed E-state index contributed by atoms with van der Waals surface area (Å²) in [5, 5.41) is 0. The predicted octanol–water partition coefficient (Wildman–Crippen LogP) is 1.93. The molecule has 0 spiro atoms. The number of carbonyl (C=O) groups excluding carboxylic acids is 2. The minimum atomic E-state index is -0.306. The number of carbonyl (C=O) groups is 2. The lowest BCUT2D eigenvalue weighted by atomic mass is 9.95. The highest BCUT2D eigenvalue weighted by Crippen LogP contribution is 2.23. The molecule has 0 aromatic heterocycles. The van der Waals surface area contributed by atoms with Crippen LogP contribution in [0.3, 0.4) is 0 Å². The third kappa shape index (κ3) is 3.90. The number of methoxy groups -OCH3 is 2. The highest BCUT2D eigenvalue weighted by Gasteiger charge is 2.13. The van der Waals surface area contributed by atoms with E-state index in [0.29, 0.717) is 12.2 Å². The second-order valence-electron chi connectivity index (χ2n) is 3.63. The number of aldehydes is 1. The second kappa shape index (κ2) is 6.68. The minimum absolute atomic E-state index is 0.233. The second-order valence-corrected chi connectivity index (χ2v) is 3.63. The number of esters is 1. The molecule has 92 valence electrons. The number of hydrogen-bond donors (Lipinski definition) is 0. The number of benzene rings is 1. The van der Waals surface area contributed by atoms with Crippen LogP contribution >= 0.6 is 0 Å². The van der Waals surface area contributed by atoms with Gasteiger partial charge in [-0.15, -0.1) is 0 Å². The molecule has 0 bridgehead atoms. The summed E-state index contributed by atoms with van der Waals surface area (Å²) in [6, 6.07) is 7.28. The van der Waals surface area contributed by atoms with Crippen LogP contribution in [0.1, 0.15) is 24.3 Å². The number of hydrogen-bond acceptors (Lipinski definition) is 4. The van der Waals surface area contributed by atoms with Crippen molar-refractivity contribution in [2.45, 2.75) is 18.8 Å². The Bertz CT molecular complexity index is 387. The van der Waals surface area contributed by atoms with Crippen molar-refractivity contribution >= 4 is 12.3 Å². The van der Waals surface area contributed by atoms with Crippen molar-refractivity contribution in [2.75, 3.05) is 14.2 Å². The van der Waals surface area contributed by atoms with E-state index in [0.717, 1.165) is 11.8 Å². The fraction of sp³-hybridized carbons (Fsp3) is 0.385. The van der Waals surface area contributed by atoms with Gasteiger partial charge in [-0.25, -0.2) is 0 Å². The predicted molar refractivity (Wildman–Crippen MR) is 63.0 cm³/mol. The topological polar surface area (TPSA) is 52.6 Å². The van der Waals surface area contributed by atoms with Gasteiger partial charge in [-0.1, -0.05) is 12.1 Å². The monoisotopic (exact) mass is 236 g/mol. The molecule has 0 radical (unpaired) electrons. The molecule has 4 nitrogen and oxygen atoms in total. The van der Waals surface area contributed by atoms with Crippen LogP contribution in [-0.2, 0) is 14.3 Å². The van der Waals surface area contributed by atoms with Gasteiger partial charge in [0.2, 0.25) is 0 Å². The molecular formula is C13H16O4. The lowest BCUT2D eigenvalue weighted by Crippen LogP contribution is -2.06. The Morgan fingerprint density at radius 1 is 1.41 bits per heavy atom. The summed E-state index contributed by atoms with van der Waals surface area (Å²) in [7, 11) is 2.91. The van der Waals surface area contributed by atoms with E-state index < -0.39 is 0 Å². The first kappa shape index (κ1) is 13.2. The number of rotatable bonds is 6. The largest absolute Gasteiger partial charge is 0.497 e. The van der Waals surface area contributed by atoms with E-state index >= 15 is 0 Å². The van der Waals surface area contributed by atoms with Gasteiger partial charge in [0.15, 0.2) is 0 Å². The van der Waals surface area contributed by atoms with Crippen molar-refractivity contribution in [3.63, 3.8) is 0 Å². The summed E-state index contributed by atoms with van der Waals surface area (Å²) in [5.41, 5.74) is 0.850. The normalized spacial score (nSPS) is 11.6. The first-order valence-corrected chi connectivity index (χ1v) is 5.37. The Morgan fingerprint density at radius 3 is 2.76 bits per heavy atom. The van der Waals surface area contributed by atoms with E-state index in [1.165, 1.54) is 7.11 Å². The van der Waals surface area contributed by atoms with Crippen LogP contribution in [0.4, 0.5) is 0 Å². The van der Waals surface area contributed by atoms with Crippen LogP contribution in [-0.4, -0.2) is 26.5 Å². The van der Waals surface area contributed by atoms with Gasteiger partial charge >= 0.3 is 5.97 Å². The molecule has 4 heteroatoms. The summed E-state index contributed by atoms with van der Waals surface area (Å²) in [5.74, 6) is 0.0939. The van der Waals surface area contributed by atoms with E-state index in [9.17, 15) is 9.59 Å². The van der Waals surface area contributed by atoms with Crippen LogP contribution in [0.2, 0.25) is 0 Å². The molecule has 1 unspecified atom stereocenters. The summed E-state index contributed by atoms with van der Waals surface area (Å²) in [6.07, 6.45) is 1.53. The molecule has 0 aliphatic heterocycles. The highest BCUT2D eigenvalue weighted by molar-refractivity contribution is 5.71. The summed E-state index contributed by atoms with van der Waals surface area (Å²) in [6.45, 7) is 0. The Labute approximate surface area is 101 Å². The zero-order valence-electron chi connectivity index (χ0n) is 10.0. The molecular weight excluding hydrogens is 220 g/mol. The summed E-state index contributed by atoms with van der Waals surface area (Å²) in [4.78, 5) is 22.0. The molecule has 1 aromatic rings. The minimum Gasteiger partial charge on any atom is -0.497 e. The van der Waals surface area contributed by atoms with Crippen LogP contribution in [0, 0.1) is 0 Å². The van der Waals surface area contributed by atoms with Crippen LogP contribution in [0.25, 0.3) is 0 Å². The fourth-order valence-electron chi connectivity index (χ4n) is 1.56. The third-order valence-electron chi connectivity index (χ3n) is 2.57. The standard InChI is InChI=1S/C13H16O4/c1-16-12-5-3-4-10(8-12)11(9-14)6-7-13(15)17-2/h3-5,8-9,11H,6-7H2,1-2H3. The van der Waals surface area contributed by atoms with Gasteiger partial charge in [0.25, 0.3) is 0 Å². The Balaban J connectivity index is 2.71. The van der Waals surface area contributed by atoms with Gasteiger partial charge in [-0.05, 0) is 24.1 Å². The number of ether oxygens (including phenoxy) is 2. The first-order chi connectivity index (χ1) is 8.21. The van der Waals surface area contributed by atoms with Crippen molar-refractivity contribution in [3.8, 4) is 5.75 Å². The van der Waals surface area contributed by atoms with Gasteiger partial charge < -0.3 is 14.3 Å². The molecule has 1 rings (SSSR count). The summed E-state index contributed by atoms with van der Waals surface area (Å²) < 4.78 is 9.64. The molecule has 1 atom stereocenters. The average Bonchev–Trinajstić information content (AvgIpc) is 2.39. The van der Waals surface area contributed by atoms with Crippen molar-refractivity contribution in [3.05, 3.63) is 29.8 Å². The molecule has 0 heterocycles. The SMILES string of the molecule is COC(=O)CCC(C=O)c1cccc(OC)c1. The molecule has 0 saturated carbocycles. The van der Waals surface area contributed by atoms with Gasteiger partial charge in [-0.2, -0.15) is 0 Å². The first-order valence-electron chi connectivity index (χ1n) is 5.37. The van der Waals surface area contributed by atoms with Gasteiger partial charge in [-0.3, -0.25) is 4.79 Å². The third-order valence-corrected chi connectivity index (χ3v) is 2.57. The average molecular weight is 236 g/mol. The Morgan fingerprint density at radius 2 is 2.18 bits per heavy atom. The smallest absolute Gasteiger partial charge is 0.305 e. The van der Waals surface area contributed by atoms with E-state index in [4.69, 9.17) is 4.74 Å². The van der Waals surface area contributed by atoms with Crippen LogP contribution in [0.5, 0.6) is 5.75 Å². The molecule has 1 aromatic carbocycles. The highest BCUT2D eigenvalue weighted by atomic mass is 16.5. The molecule has 0 amide bonds. The van der Waals surface area contributed by atoms with E-state index in [-0.39, 0.29) is 18.3 Å². The van der Waals surface area contributed by atoms with Crippen molar-refractivity contribution < 1.29 is 19.1 Å². The molecule has 0 fully saturated rings. The molecule has 0 N–H and O–H groups in total. The van der Waals surface area contributed by atoms with Crippen molar-refractivity contribution in [1.82, 2.24) is 0 Å². The maximum Gasteiger partial charge on any atom is 0.305 e. The van der Waals surface area contributed by atoms with Crippen molar-refractivity contribution in [2.24, 2.45) is 0 Å². The quantitative estimate of drug-likeness (QED) is 0.559. The van der Waals surface area contributed by atoms with Crippen LogP contribution < -0.4 is 4.74 Å². The molecule has 0 aliphatic carbocycles. The zero-order valence-corrected chi connectivity index (χ0v) is 10.0. The maximum absolute atomic E-state index is 11.0. The zero-order chi connectivity index (χ0) is 12.7. The Hall–Kier alpha value is -1.84. The van der Waals surface area contributed by atoms with Crippen molar-refractivity contribution in [1.29, 1.82) is 0 Å². The van der Waals surface area contributed by atoms with E-state index in [1.807, 2.05) is 18.2 Å². The fourth-order valence-corrected chi connectivity index (χ4v) is 1.56.